The Morgan fingerprint density at radius 2 is 2.23 bits per heavy atom. The van der Waals surface area contributed by atoms with Crippen molar-refractivity contribution in [3.63, 3.8) is 0 Å². The standard InChI is InChI=1S/C10H15BrOS/c1-4-7(2)10(3,12)8-5-13-6-9(8)11/h5-7,12H,4H2,1-3H3. The first-order chi connectivity index (χ1) is 6.00. The predicted molar refractivity (Wildman–Crippen MR) is 61.0 cm³/mol. The third-order valence-electron chi connectivity index (χ3n) is 2.73. The van der Waals surface area contributed by atoms with E-state index in [9.17, 15) is 5.11 Å². The molecule has 1 nitrogen and oxygen atoms in total. The first-order valence-corrected chi connectivity index (χ1v) is 6.18. The average Bonchev–Trinajstić information content (AvgIpc) is 2.50. The topological polar surface area (TPSA) is 20.2 Å². The normalized spacial score (nSPS) is 18.2. The highest BCUT2D eigenvalue weighted by Gasteiger charge is 2.31. The fourth-order valence-corrected chi connectivity index (χ4v) is 3.11. The molecule has 0 aliphatic rings. The van der Waals surface area contributed by atoms with Crippen molar-refractivity contribution in [2.75, 3.05) is 0 Å². The van der Waals surface area contributed by atoms with Crippen LogP contribution in [0.15, 0.2) is 15.2 Å². The van der Waals surface area contributed by atoms with E-state index in [4.69, 9.17) is 0 Å². The Morgan fingerprint density at radius 1 is 1.62 bits per heavy atom. The van der Waals surface area contributed by atoms with Gasteiger partial charge in [0.25, 0.3) is 0 Å². The predicted octanol–water partition coefficient (Wildman–Crippen LogP) is 3.76. The monoisotopic (exact) mass is 262 g/mol. The molecule has 0 bridgehead atoms. The molecule has 0 spiro atoms. The zero-order chi connectivity index (χ0) is 10.1. The van der Waals surface area contributed by atoms with Crippen molar-refractivity contribution in [3.05, 3.63) is 20.8 Å². The van der Waals surface area contributed by atoms with Gasteiger partial charge < -0.3 is 5.11 Å². The molecule has 0 radical (unpaired) electrons. The molecule has 0 aliphatic heterocycles. The summed E-state index contributed by atoms with van der Waals surface area (Å²) in [5.74, 6) is 0.276. The molecule has 0 fully saturated rings. The molecule has 0 aliphatic carbocycles. The van der Waals surface area contributed by atoms with Gasteiger partial charge in [0.2, 0.25) is 0 Å². The number of halogens is 1. The highest BCUT2D eigenvalue weighted by Crippen LogP contribution is 2.37. The van der Waals surface area contributed by atoms with Crippen LogP contribution in [0.2, 0.25) is 0 Å². The number of thiophene rings is 1. The van der Waals surface area contributed by atoms with Crippen LogP contribution in [0.25, 0.3) is 0 Å². The zero-order valence-corrected chi connectivity index (χ0v) is 10.6. The average molecular weight is 263 g/mol. The fraction of sp³-hybridized carbons (Fsp3) is 0.600. The second kappa shape index (κ2) is 4.11. The Morgan fingerprint density at radius 3 is 2.62 bits per heavy atom. The highest BCUT2D eigenvalue weighted by atomic mass is 79.9. The summed E-state index contributed by atoms with van der Waals surface area (Å²) in [6.07, 6.45) is 0.981. The van der Waals surface area contributed by atoms with Crippen LogP contribution in [0.1, 0.15) is 32.8 Å². The Balaban J connectivity index is 2.99. The summed E-state index contributed by atoms with van der Waals surface area (Å²) in [7, 11) is 0. The summed E-state index contributed by atoms with van der Waals surface area (Å²) in [5.41, 5.74) is 0.292. The van der Waals surface area contributed by atoms with Gasteiger partial charge in [-0.25, -0.2) is 0 Å². The van der Waals surface area contributed by atoms with Gasteiger partial charge in [-0.15, -0.1) is 0 Å². The SMILES string of the molecule is CCC(C)C(C)(O)c1cscc1Br. The third-order valence-corrected chi connectivity index (χ3v) is 4.43. The molecular weight excluding hydrogens is 248 g/mol. The second-order valence-corrected chi connectivity index (χ2v) is 5.19. The van der Waals surface area contributed by atoms with E-state index in [2.05, 4.69) is 29.8 Å². The Hall–Kier alpha value is 0.140. The molecule has 3 heteroatoms. The summed E-state index contributed by atoms with van der Waals surface area (Å²) >= 11 is 5.06. The lowest BCUT2D eigenvalue weighted by atomic mass is 9.84. The van der Waals surface area contributed by atoms with Crippen molar-refractivity contribution in [1.29, 1.82) is 0 Å². The van der Waals surface area contributed by atoms with Crippen LogP contribution in [-0.4, -0.2) is 5.11 Å². The lowest BCUT2D eigenvalue weighted by Gasteiger charge is -2.29. The van der Waals surface area contributed by atoms with E-state index in [1.54, 1.807) is 11.3 Å². The first-order valence-electron chi connectivity index (χ1n) is 4.44. The molecular formula is C10H15BrOS. The van der Waals surface area contributed by atoms with Gasteiger partial charge in [0.05, 0.1) is 5.60 Å². The van der Waals surface area contributed by atoms with Crippen LogP contribution in [0.4, 0.5) is 0 Å². The molecule has 0 saturated heterocycles. The Labute approximate surface area is 91.9 Å². The van der Waals surface area contributed by atoms with E-state index in [1.165, 1.54) is 0 Å². The number of rotatable bonds is 3. The van der Waals surface area contributed by atoms with Crippen molar-refractivity contribution >= 4 is 27.3 Å². The lowest BCUT2D eigenvalue weighted by Crippen LogP contribution is -2.29. The van der Waals surface area contributed by atoms with E-state index in [-0.39, 0.29) is 5.92 Å². The molecule has 1 aromatic heterocycles. The fourth-order valence-electron chi connectivity index (χ4n) is 1.31. The number of hydrogen-bond donors (Lipinski definition) is 1. The number of hydrogen-bond acceptors (Lipinski definition) is 2. The van der Waals surface area contributed by atoms with Crippen molar-refractivity contribution in [3.8, 4) is 0 Å². The van der Waals surface area contributed by atoms with E-state index in [0.29, 0.717) is 0 Å². The smallest absolute Gasteiger partial charge is 0.0912 e. The molecule has 1 aromatic rings. The van der Waals surface area contributed by atoms with Gasteiger partial charge in [-0.05, 0) is 34.2 Å². The van der Waals surface area contributed by atoms with E-state index in [1.807, 2.05) is 17.7 Å². The summed E-state index contributed by atoms with van der Waals surface area (Å²) < 4.78 is 1.02. The maximum atomic E-state index is 10.3. The Kier molecular flexibility index (Phi) is 3.55. The maximum absolute atomic E-state index is 10.3. The zero-order valence-electron chi connectivity index (χ0n) is 8.17. The lowest BCUT2D eigenvalue weighted by molar-refractivity contribution is -0.000225. The molecule has 2 unspecified atom stereocenters. The summed E-state index contributed by atoms with van der Waals surface area (Å²) in [6, 6.07) is 0. The minimum Gasteiger partial charge on any atom is -0.385 e. The van der Waals surface area contributed by atoms with E-state index in [0.717, 1.165) is 16.5 Å². The number of aliphatic hydroxyl groups is 1. The first kappa shape index (κ1) is 11.2. The van der Waals surface area contributed by atoms with Crippen LogP contribution in [0.3, 0.4) is 0 Å². The second-order valence-electron chi connectivity index (χ2n) is 3.59. The molecule has 0 saturated carbocycles. The summed E-state index contributed by atoms with van der Waals surface area (Å²) in [5, 5.41) is 14.3. The Bertz CT molecular complexity index is 280. The van der Waals surface area contributed by atoms with Crippen LogP contribution >= 0.6 is 27.3 Å². The van der Waals surface area contributed by atoms with Gasteiger partial charge >= 0.3 is 0 Å². The molecule has 0 aromatic carbocycles. The van der Waals surface area contributed by atoms with Gasteiger partial charge in [0.15, 0.2) is 0 Å². The highest BCUT2D eigenvalue weighted by molar-refractivity contribution is 9.10. The molecule has 2 atom stereocenters. The molecule has 1 heterocycles. The van der Waals surface area contributed by atoms with Crippen molar-refractivity contribution in [2.45, 2.75) is 32.8 Å². The van der Waals surface area contributed by atoms with Gasteiger partial charge in [0.1, 0.15) is 0 Å². The van der Waals surface area contributed by atoms with Gasteiger partial charge in [-0.1, -0.05) is 20.3 Å². The molecule has 1 N–H and O–H groups in total. The van der Waals surface area contributed by atoms with Gasteiger partial charge in [-0.3, -0.25) is 0 Å². The summed E-state index contributed by atoms with van der Waals surface area (Å²) in [6.45, 7) is 6.05. The minimum atomic E-state index is -0.715. The van der Waals surface area contributed by atoms with Gasteiger partial charge in [0, 0.05) is 15.4 Å². The molecule has 13 heavy (non-hydrogen) atoms. The molecule has 1 rings (SSSR count). The van der Waals surface area contributed by atoms with E-state index < -0.39 is 5.60 Å². The van der Waals surface area contributed by atoms with Crippen molar-refractivity contribution < 1.29 is 5.11 Å². The minimum absolute atomic E-state index is 0.276. The van der Waals surface area contributed by atoms with Gasteiger partial charge in [-0.2, -0.15) is 11.3 Å². The third kappa shape index (κ3) is 2.14. The van der Waals surface area contributed by atoms with Crippen LogP contribution in [0, 0.1) is 5.92 Å². The van der Waals surface area contributed by atoms with Crippen LogP contribution < -0.4 is 0 Å². The van der Waals surface area contributed by atoms with Crippen molar-refractivity contribution in [1.82, 2.24) is 0 Å². The van der Waals surface area contributed by atoms with E-state index >= 15 is 0 Å². The summed E-state index contributed by atoms with van der Waals surface area (Å²) in [4.78, 5) is 0. The van der Waals surface area contributed by atoms with Crippen LogP contribution in [-0.2, 0) is 5.60 Å². The quantitative estimate of drug-likeness (QED) is 0.880. The maximum Gasteiger partial charge on any atom is 0.0912 e. The largest absolute Gasteiger partial charge is 0.385 e. The van der Waals surface area contributed by atoms with Crippen LogP contribution in [0.5, 0.6) is 0 Å². The van der Waals surface area contributed by atoms with Crippen molar-refractivity contribution in [2.24, 2.45) is 5.92 Å². The molecule has 74 valence electrons. The molecule has 0 amide bonds.